The highest BCUT2D eigenvalue weighted by Gasteiger charge is 2.51. The molecule has 0 radical (unpaired) electrons. The number of esters is 2. The summed E-state index contributed by atoms with van der Waals surface area (Å²) < 4.78 is 10.1. The van der Waals surface area contributed by atoms with Crippen molar-refractivity contribution in [3.05, 3.63) is 92.0 Å². The Kier molecular flexibility index (Phi) is 8.00. The number of carbonyl (C=O) groups is 3. The Morgan fingerprint density at radius 2 is 1.70 bits per heavy atom. The second-order valence-electron chi connectivity index (χ2n) is 12.1. The number of nitrogens with zero attached hydrogens (tertiary/aromatic N) is 3. The van der Waals surface area contributed by atoms with Crippen molar-refractivity contribution in [1.29, 1.82) is 0 Å². The van der Waals surface area contributed by atoms with Gasteiger partial charge in [-0.3, -0.25) is 14.4 Å². The van der Waals surface area contributed by atoms with Gasteiger partial charge in [-0.25, -0.2) is 15.0 Å². The molecule has 1 saturated carbocycles. The van der Waals surface area contributed by atoms with Crippen LogP contribution in [-0.4, -0.2) is 54.2 Å². The monoisotopic (exact) mass is 622 g/mol. The number of aliphatic hydroxyl groups is 1. The number of rotatable bonds is 6. The van der Waals surface area contributed by atoms with Crippen LogP contribution in [0.15, 0.2) is 107 Å². The fourth-order valence-electron chi connectivity index (χ4n) is 7.31. The zero-order valence-corrected chi connectivity index (χ0v) is 27.2. The molecule has 46 heavy (non-hydrogen) atoms. The standard InChI is InChI=1S/C36H38N4O6/c1-8-19-16(3)23-12-24-17(4)21(10-11-29(42)45-6)33(39-24)31-32(36(44)46-7)35(43)30-18(5)25(40-34(30)31)13-27-20(9-2)22(15-41)28(38-27)14-26(19)37-23/h12-15,17,21,32,39,41H,8-11H2,1-7H3/b22-15-,24-12?,25-13?,26-14?,33-31?/t17-,21-,32+/m0/s1. The molecule has 6 aliphatic rings. The molecule has 1 saturated heterocycles. The van der Waals surface area contributed by atoms with Crippen molar-refractivity contribution in [1.82, 2.24) is 5.32 Å². The van der Waals surface area contributed by atoms with E-state index in [-0.39, 0.29) is 30.0 Å². The van der Waals surface area contributed by atoms with Crippen LogP contribution in [-0.2, 0) is 23.9 Å². The fourth-order valence-corrected chi connectivity index (χ4v) is 7.31. The van der Waals surface area contributed by atoms with E-state index >= 15 is 0 Å². The highest BCUT2D eigenvalue weighted by molar-refractivity contribution is 6.42. The number of nitrogens with one attached hydrogen (secondary N) is 1. The van der Waals surface area contributed by atoms with Gasteiger partial charge in [0, 0.05) is 46.4 Å². The molecular formula is C36H38N4O6. The van der Waals surface area contributed by atoms with Crippen molar-refractivity contribution in [2.24, 2.45) is 32.7 Å². The number of ketones is 1. The minimum atomic E-state index is -1.19. The van der Waals surface area contributed by atoms with Crippen molar-refractivity contribution >= 4 is 34.9 Å². The molecule has 10 heteroatoms. The second kappa shape index (κ2) is 11.8. The number of aliphatic imine (C=N–C) groups is 3. The number of aliphatic hydroxyl groups excluding tert-OH is 1. The molecule has 0 aromatic carbocycles. The van der Waals surface area contributed by atoms with Crippen LogP contribution in [0.5, 0.6) is 0 Å². The topological polar surface area (TPSA) is 139 Å². The van der Waals surface area contributed by atoms with Crippen LogP contribution >= 0.6 is 0 Å². The van der Waals surface area contributed by atoms with Crippen LogP contribution in [0, 0.1) is 17.8 Å². The summed E-state index contributed by atoms with van der Waals surface area (Å²) in [4.78, 5) is 54.6. The first kappa shape index (κ1) is 31.1. The highest BCUT2D eigenvalue weighted by atomic mass is 16.5. The van der Waals surface area contributed by atoms with Gasteiger partial charge in [-0.15, -0.1) is 0 Å². The summed E-state index contributed by atoms with van der Waals surface area (Å²) in [5.41, 5.74) is 10.4. The summed E-state index contributed by atoms with van der Waals surface area (Å²) in [5, 5.41) is 13.9. The van der Waals surface area contributed by atoms with Gasteiger partial charge >= 0.3 is 11.9 Å². The van der Waals surface area contributed by atoms with Gasteiger partial charge in [0.15, 0.2) is 5.78 Å². The molecule has 0 amide bonds. The van der Waals surface area contributed by atoms with Crippen LogP contribution in [0.3, 0.4) is 0 Å². The summed E-state index contributed by atoms with van der Waals surface area (Å²) in [6.45, 7) is 10.0. The molecule has 8 bridgehead atoms. The first-order valence-corrected chi connectivity index (χ1v) is 15.7. The summed E-state index contributed by atoms with van der Waals surface area (Å²) in [7, 11) is 2.63. The third-order valence-electron chi connectivity index (χ3n) is 9.85. The number of fused-ring (bicyclic) bond motifs is 5. The lowest BCUT2D eigenvalue weighted by atomic mass is 9.85. The van der Waals surface area contributed by atoms with Crippen molar-refractivity contribution in [3.8, 4) is 0 Å². The number of methoxy groups -OCH3 is 2. The van der Waals surface area contributed by atoms with Crippen molar-refractivity contribution < 1.29 is 29.0 Å². The van der Waals surface area contributed by atoms with Gasteiger partial charge in [0.05, 0.1) is 54.7 Å². The fraction of sp³-hybridized carbons (Fsp3) is 0.389. The molecule has 10 nitrogen and oxygen atoms in total. The molecule has 2 fully saturated rings. The van der Waals surface area contributed by atoms with Crippen LogP contribution in [0.1, 0.15) is 60.3 Å². The summed E-state index contributed by atoms with van der Waals surface area (Å²) in [6, 6.07) is 0. The van der Waals surface area contributed by atoms with E-state index in [2.05, 4.69) is 19.2 Å². The Morgan fingerprint density at radius 1 is 0.957 bits per heavy atom. The normalized spacial score (nSPS) is 25.9. The van der Waals surface area contributed by atoms with Crippen LogP contribution < -0.4 is 5.32 Å². The SMILES string of the molecule is CCC1=C(C)C2=NC1=CC1=NC(=C(CC)/C1=C/O)C=C1N=C3C(=C1C)C(=O)[C@H](C(=O)OC)C3=C1NC(=C2)[C@@H](C)[C@@H]1CCC(=O)OC. The third kappa shape index (κ3) is 4.69. The third-order valence-corrected chi connectivity index (χ3v) is 9.85. The Hall–Kier alpha value is -4.86. The smallest absolute Gasteiger partial charge is 0.321 e. The Balaban J connectivity index is 1.67. The quantitative estimate of drug-likeness (QED) is 0.223. The van der Waals surface area contributed by atoms with Gasteiger partial charge < -0.3 is 19.9 Å². The summed E-state index contributed by atoms with van der Waals surface area (Å²) in [6.07, 6.45) is 8.80. The number of hydrogen-bond donors (Lipinski definition) is 2. The van der Waals surface area contributed by atoms with Gasteiger partial charge in [-0.2, -0.15) is 0 Å². The molecule has 238 valence electrons. The van der Waals surface area contributed by atoms with E-state index in [1.54, 1.807) is 0 Å². The van der Waals surface area contributed by atoms with Crippen LogP contribution in [0.4, 0.5) is 0 Å². The number of Topliss-reactive ketones (excluding diaryl/α,β-unsaturated/α-hetero) is 1. The second-order valence-corrected chi connectivity index (χ2v) is 12.1. The van der Waals surface area contributed by atoms with Gasteiger partial charge in [0.2, 0.25) is 0 Å². The summed E-state index contributed by atoms with van der Waals surface area (Å²) in [5.74, 6) is -2.93. The molecule has 2 N–H and O–H groups in total. The lowest BCUT2D eigenvalue weighted by molar-refractivity contribution is -0.146. The van der Waals surface area contributed by atoms with Crippen molar-refractivity contribution in [2.75, 3.05) is 14.2 Å². The minimum Gasteiger partial charge on any atom is -0.515 e. The van der Waals surface area contributed by atoms with Crippen molar-refractivity contribution in [3.63, 3.8) is 0 Å². The largest absolute Gasteiger partial charge is 0.515 e. The van der Waals surface area contributed by atoms with E-state index in [9.17, 15) is 19.5 Å². The van der Waals surface area contributed by atoms with Crippen LogP contribution in [0.2, 0.25) is 0 Å². The summed E-state index contributed by atoms with van der Waals surface area (Å²) >= 11 is 0. The zero-order chi connectivity index (χ0) is 33.0. The Labute approximate surface area is 268 Å². The molecular weight excluding hydrogens is 584 g/mol. The number of hydrogen-bond acceptors (Lipinski definition) is 10. The molecule has 3 atom stereocenters. The molecule has 1 aliphatic carbocycles. The first-order valence-electron chi connectivity index (χ1n) is 15.7. The molecule has 0 aromatic heterocycles. The van der Waals surface area contributed by atoms with E-state index in [4.69, 9.17) is 24.5 Å². The van der Waals surface area contributed by atoms with E-state index < -0.39 is 11.9 Å². The number of carbonyl (C=O) groups excluding carboxylic acids is 3. The maximum absolute atomic E-state index is 14.1. The average Bonchev–Trinajstić information content (AvgIpc) is 3.79. The van der Waals surface area contributed by atoms with Gasteiger partial charge in [0.1, 0.15) is 5.92 Å². The Bertz CT molecular complexity index is 1850. The molecule has 6 rings (SSSR count). The number of ether oxygens (including phenoxy) is 2. The zero-order valence-electron chi connectivity index (χ0n) is 27.2. The predicted octanol–water partition coefficient (Wildman–Crippen LogP) is 5.60. The van der Waals surface area contributed by atoms with Gasteiger partial charge in [-0.05, 0) is 73.6 Å². The molecule has 0 spiro atoms. The first-order chi connectivity index (χ1) is 22.1. The molecule has 5 aliphatic heterocycles. The predicted molar refractivity (Wildman–Crippen MR) is 175 cm³/mol. The maximum Gasteiger partial charge on any atom is 0.321 e. The lowest BCUT2D eigenvalue weighted by Gasteiger charge is -2.19. The van der Waals surface area contributed by atoms with E-state index in [1.807, 2.05) is 39.0 Å². The lowest BCUT2D eigenvalue weighted by Crippen LogP contribution is -2.26. The molecule has 0 unspecified atom stereocenters. The highest BCUT2D eigenvalue weighted by Crippen LogP contribution is 2.47. The molecule has 0 aromatic rings. The van der Waals surface area contributed by atoms with Gasteiger partial charge in [-0.1, -0.05) is 20.8 Å². The maximum atomic E-state index is 14.1. The van der Waals surface area contributed by atoms with E-state index in [0.29, 0.717) is 63.6 Å². The van der Waals surface area contributed by atoms with E-state index in [0.717, 1.165) is 46.5 Å². The van der Waals surface area contributed by atoms with Crippen LogP contribution in [0.25, 0.3) is 0 Å². The van der Waals surface area contributed by atoms with Crippen molar-refractivity contribution in [2.45, 2.75) is 60.3 Å². The van der Waals surface area contributed by atoms with Gasteiger partial charge in [0.25, 0.3) is 0 Å². The average molecular weight is 623 g/mol. The molecule has 5 heterocycles. The minimum absolute atomic E-state index is 0.113. The Morgan fingerprint density at radius 3 is 2.35 bits per heavy atom. The number of allylic oxidation sites excluding steroid dienone is 11. The van der Waals surface area contributed by atoms with E-state index in [1.165, 1.54) is 14.2 Å².